The summed E-state index contributed by atoms with van der Waals surface area (Å²) in [4.78, 5) is 30.1. The summed E-state index contributed by atoms with van der Waals surface area (Å²) in [5.41, 5.74) is 3.18. The number of aromatic amines is 1. The fourth-order valence-corrected chi connectivity index (χ4v) is 1.94. The number of amides is 1. The zero-order valence-electron chi connectivity index (χ0n) is 11.9. The summed E-state index contributed by atoms with van der Waals surface area (Å²) in [6.45, 7) is 3.86. The number of imidazole rings is 1. The number of rotatable bonds is 5. The van der Waals surface area contributed by atoms with Crippen LogP contribution in [0.4, 0.5) is 0 Å². The van der Waals surface area contributed by atoms with E-state index in [0.717, 1.165) is 11.1 Å². The molecule has 1 atom stereocenters. The fraction of sp³-hybridized carbons (Fsp3) is 0.267. The van der Waals surface area contributed by atoms with Crippen molar-refractivity contribution in [3.05, 3.63) is 53.1 Å². The molecule has 6 nitrogen and oxygen atoms in total. The van der Waals surface area contributed by atoms with Gasteiger partial charge in [0.1, 0.15) is 6.04 Å². The molecule has 0 aliphatic heterocycles. The first-order chi connectivity index (χ1) is 9.97. The molecule has 0 radical (unpaired) electrons. The van der Waals surface area contributed by atoms with E-state index in [1.54, 1.807) is 12.1 Å². The minimum absolute atomic E-state index is 0.159. The number of aromatic nitrogens is 2. The van der Waals surface area contributed by atoms with Crippen molar-refractivity contribution in [3.63, 3.8) is 0 Å². The second-order valence-electron chi connectivity index (χ2n) is 4.94. The number of hydrogen-bond acceptors (Lipinski definition) is 3. The van der Waals surface area contributed by atoms with E-state index in [0.29, 0.717) is 11.3 Å². The van der Waals surface area contributed by atoms with Crippen molar-refractivity contribution in [3.8, 4) is 0 Å². The van der Waals surface area contributed by atoms with Gasteiger partial charge in [-0.1, -0.05) is 6.07 Å². The molecule has 3 N–H and O–H groups in total. The van der Waals surface area contributed by atoms with Crippen LogP contribution in [-0.4, -0.2) is 33.0 Å². The molecule has 6 heteroatoms. The van der Waals surface area contributed by atoms with Gasteiger partial charge in [0.2, 0.25) is 0 Å². The fourth-order valence-electron chi connectivity index (χ4n) is 1.94. The van der Waals surface area contributed by atoms with Gasteiger partial charge >= 0.3 is 5.97 Å². The third-order valence-electron chi connectivity index (χ3n) is 3.35. The van der Waals surface area contributed by atoms with E-state index in [-0.39, 0.29) is 6.42 Å². The summed E-state index contributed by atoms with van der Waals surface area (Å²) in [5.74, 6) is -1.48. The Morgan fingerprint density at radius 2 is 2.10 bits per heavy atom. The molecular formula is C15H17N3O3. The predicted octanol–water partition coefficient (Wildman–Crippen LogP) is 1.45. The topological polar surface area (TPSA) is 95.1 Å². The third kappa shape index (κ3) is 3.68. The number of H-pyrrole nitrogens is 1. The van der Waals surface area contributed by atoms with E-state index < -0.39 is 17.9 Å². The van der Waals surface area contributed by atoms with E-state index in [2.05, 4.69) is 15.3 Å². The monoisotopic (exact) mass is 287 g/mol. The Balaban J connectivity index is 2.10. The normalized spacial score (nSPS) is 11.9. The van der Waals surface area contributed by atoms with Crippen molar-refractivity contribution in [2.75, 3.05) is 0 Å². The molecular weight excluding hydrogens is 270 g/mol. The Morgan fingerprint density at radius 3 is 2.67 bits per heavy atom. The van der Waals surface area contributed by atoms with E-state index in [1.165, 1.54) is 12.5 Å². The van der Waals surface area contributed by atoms with Crippen molar-refractivity contribution in [2.45, 2.75) is 26.3 Å². The van der Waals surface area contributed by atoms with Gasteiger partial charge in [-0.05, 0) is 37.1 Å². The van der Waals surface area contributed by atoms with E-state index in [4.69, 9.17) is 0 Å². The maximum absolute atomic E-state index is 12.2. The molecule has 1 amide bonds. The standard InChI is InChI=1S/C15H17N3O3/c1-9-3-4-11(5-10(9)2)14(19)18-13(15(20)21)6-12-7-16-8-17-12/h3-5,7-8,13H,6H2,1-2H3,(H,16,17)(H,18,19)(H,20,21)/t13-/m1/s1. The number of carboxylic acids is 1. The highest BCUT2D eigenvalue weighted by Crippen LogP contribution is 2.10. The molecule has 0 aliphatic rings. The van der Waals surface area contributed by atoms with Crippen LogP contribution in [0, 0.1) is 13.8 Å². The largest absolute Gasteiger partial charge is 0.480 e. The summed E-state index contributed by atoms with van der Waals surface area (Å²) < 4.78 is 0. The van der Waals surface area contributed by atoms with Crippen LogP contribution in [0.1, 0.15) is 27.2 Å². The van der Waals surface area contributed by atoms with Gasteiger partial charge < -0.3 is 15.4 Å². The van der Waals surface area contributed by atoms with Crippen LogP contribution in [0.3, 0.4) is 0 Å². The number of nitrogens with zero attached hydrogens (tertiary/aromatic N) is 1. The lowest BCUT2D eigenvalue weighted by atomic mass is 10.1. The molecule has 0 saturated heterocycles. The van der Waals surface area contributed by atoms with Gasteiger partial charge in [-0.3, -0.25) is 4.79 Å². The molecule has 2 rings (SSSR count). The highest BCUT2D eigenvalue weighted by atomic mass is 16.4. The Labute approximate surface area is 122 Å². The second kappa shape index (κ2) is 6.21. The number of benzene rings is 1. The first-order valence-electron chi connectivity index (χ1n) is 6.55. The van der Waals surface area contributed by atoms with Crippen LogP contribution in [0.2, 0.25) is 0 Å². The van der Waals surface area contributed by atoms with Gasteiger partial charge in [0, 0.05) is 23.9 Å². The number of carboxylic acid groups (broad SMARTS) is 1. The summed E-state index contributed by atoms with van der Waals surface area (Å²) in [6, 6.07) is 4.28. The van der Waals surface area contributed by atoms with Crippen LogP contribution in [0.25, 0.3) is 0 Å². The Bertz CT molecular complexity index is 650. The van der Waals surface area contributed by atoms with E-state index in [9.17, 15) is 14.7 Å². The molecule has 0 spiro atoms. The Kier molecular flexibility index (Phi) is 4.37. The minimum atomic E-state index is -1.08. The molecule has 1 heterocycles. The molecule has 1 aromatic carbocycles. The van der Waals surface area contributed by atoms with Crippen molar-refractivity contribution >= 4 is 11.9 Å². The predicted molar refractivity (Wildman–Crippen MR) is 77.1 cm³/mol. The number of hydrogen-bond donors (Lipinski definition) is 3. The van der Waals surface area contributed by atoms with Crippen molar-refractivity contribution in [2.24, 2.45) is 0 Å². The van der Waals surface area contributed by atoms with Gasteiger partial charge in [-0.15, -0.1) is 0 Å². The number of carbonyl (C=O) groups excluding carboxylic acids is 1. The Hall–Kier alpha value is -2.63. The average molecular weight is 287 g/mol. The van der Waals surface area contributed by atoms with Gasteiger partial charge in [-0.25, -0.2) is 9.78 Å². The highest BCUT2D eigenvalue weighted by molar-refractivity contribution is 5.96. The number of carbonyl (C=O) groups is 2. The van der Waals surface area contributed by atoms with Gasteiger partial charge in [-0.2, -0.15) is 0 Å². The lowest BCUT2D eigenvalue weighted by Gasteiger charge is -2.14. The van der Waals surface area contributed by atoms with Crippen molar-refractivity contribution in [1.29, 1.82) is 0 Å². The van der Waals surface area contributed by atoms with E-state index >= 15 is 0 Å². The second-order valence-corrected chi connectivity index (χ2v) is 4.94. The van der Waals surface area contributed by atoms with Gasteiger partial charge in [0.15, 0.2) is 0 Å². The van der Waals surface area contributed by atoms with Crippen LogP contribution >= 0.6 is 0 Å². The smallest absolute Gasteiger partial charge is 0.326 e. The van der Waals surface area contributed by atoms with E-state index in [1.807, 2.05) is 19.9 Å². The third-order valence-corrected chi connectivity index (χ3v) is 3.35. The molecule has 0 unspecified atom stereocenters. The maximum Gasteiger partial charge on any atom is 0.326 e. The summed E-state index contributed by atoms with van der Waals surface area (Å²) >= 11 is 0. The van der Waals surface area contributed by atoms with Crippen LogP contribution in [0.5, 0.6) is 0 Å². The van der Waals surface area contributed by atoms with Crippen LogP contribution < -0.4 is 5.32 Å². The summed E-state index contributed by atoms with van der Waals surface area (Å²) in [6.07, 6.45) is 3.17. The van der Waals surface area contributed by atoms with Gasteiger partial charge in [0.25, 0.3) is 5.91 Å². The quantitative estimate of drug-likeness (QED) is 0.775. The lowest BCUT2D eigenvalue weighted by molar-refractivity contribution is -0.139. The summed E-state index contributed by atoms with van der Waals surface area (Å²) in [5, 5.41) is 11.7. The molecule has 110 valence electrons. The van der Waals surface area contributed by atoms with Gasteiger partial charge in [0.05, 0.1) is 6.33 Å². The SMILES string of the molecule is Cc1ccc(C(=O)N[C@H](Cc2cnc[nH]2)C(=O)O)cc1C. The zero-order chi connectivity index (χ0) is 15.4. The first kappa shape index (κ1) is 14.8. The van der Waals surface area contributed by atoms with Crippen molar-refractivity contribution < 1.29 is 14.7 Å². The molecule has 0 fully saturated rings. The lowest BCUT2D eigenvalue weighted by Crippen LogP contribution is -2.42. The van der Waals surface area contributed by atoms with Crippen LogP contribution in [-0.2, 0) is 11.2 Å². The number of nitrogens with one attached hydrogen (secondary N) is 2. The Morgan fingerprint density at radius 1 is 1.33 bits per heavy atom. The molecule has 0 saturated carbocycles. The van der Waals surface area contributed by atoms with Crippen molar-refractivity contribution in [1.82, 2.24) is 15.3 Å². The minimum Gasteiger partial charge on any atom is -0.480 e. The molecule has 1 aromatic heterocycles. The maximum atomic E-state index is 12.2. The molecule has 0 bridgehead atoms. The highest BCUT2D eigenvalue weighted by Gasteiger charge is 2.21. The average Bonchev–Trinajstić information content (AvgIpc) is 2.93. The van der Waals surface area contributed by atoms with Crippen LogP contribution in [0.15, 0.2) is 30.7 Å². The molecule has 0 aliphatic carbocycles. The number of aliphatic carboxylic acids is 1. The molecule has 21 heavy (non-hydrogen) atoms. The first-order valence-corrected chi connectivity index (χ1v) is 6.55. The molecule has 2 aromatic rings. The zero-order valence-corrected chi connectivity index (χ0v) is 11.9. The summed E-state index contributed by atoms with van der Waals surface area (Å²) in [7, 11) is 0. The number of aryl methyl sites for hydroxylation is 2.